The Hall–Kier alpha value is -1.36. The molecule has 0 bridgehead atoms. The maximum atomic E-state index is 10.8. The standard InChI is InChI=1S/C13H21NO7S2/c1-21-13-6-2-5-12(11-13)14(7-3-9-22(15,16)17)8-4-10-23(18,19)20/h2,5-6,11H,3-4,7-10H2,1H3,(H,15,16,17)(H,18,19,20). The number of benzene rings is 1. The number of anilines is 1. The highest BCUT2D eigenvalue weighted by Crippen LogP contribution is 2.21. The minimum Gasteiger partial charge on any atom is -0.497 e. The smallest absolute Gasteiger partial charge is 0.264 e. The van der Waals surface area contributed by atoms with Gasteiger partial charge in [-0.2, -0.15) is 16.8 Å². The molecule has 2 N–H and O–H groups in total. The molecule has 0 aliphatic carbocycles. The average Bonchev–Trinajstić information content (AvgIpc) is 2.43. The van der Waals surface area contributed by atoms with E-state index in [1.165, 1.54) is 7.11 Å². The summed E-state index contributed by atoms with van der Waals surface area (Å²) in [5, 5.41) is 0. The summed E-state index contributed by atoms with van der Waals surface area (Å²) in [7, 11) is -6.58. The molecule has 10 heteroatoms. The number of nitrogens with zero attached hydrogens (tertiary/aromatic N) is 1. The van der Waals surface area contributed by atoms with Gasteiger partial charge in [-0.3, -0.25) is 9.11 Å². The number of ether oxygens (including phenoxy) is 1. The van der Waals surface area contributed by atoms with Crippen LogP contribution in [0.3, 0.4) is 0 Å². The van der Waals surface area contributed by atoms with E-state index in [-0.39, 0.29) is 24.3 Å². The van der Waals surface area contributed by atoms with E-state index in [4.69, 9.17) is 13.8 Å². The van der Waals surface area contributed by atoms with Gasteiger partial charge in [-0.1, -0.05) is 6.07 Å². The number of methoxy groups -OCH3 is 1. The first-order valence-corrected chi connectivity index (χ1v) is 10.1. The topological polar surface area (TPSA) is 121 Å². The van der Waals surface area contributed by atoms with E-state index < -0.39 is 20.2 Å². The molecule has 8 nitrogen and oxygen atoms in total. The lowest BCUT2D eigenvalue weighted by atomic mass is 10.2. The first-order chi connectivity index (χ1) is 10.6. The fourth-order valence-corrected chi connectivity index (χ4v) is 3.04. The van der Waals surface area contributed by atoms with Crippen molar-refractivity contribution in [1.82, 2.24) is 0 Å². The summed E-state index contributed by atoms with van der Waals surface area (Å²) in [4.78, 5) is 1.78. The zero-order valence-corrected chi connectivity index (χ0v) is 14.4. The lowest BCUT2D eigenvalue weighted by Gasteiger charge is -2.25. The predicted octanol–water partition coefficient (Wildman–Crippen LogP) is 1.06. The van der Waals surface area contributed by atoms with Crippen molar-refractivity contribution in [1.29, 1.82) is 0 Å². The van der Waals surface area contributed by atoms with E-state index in [2.05, 4.69) is 0 Å². The molecule has 0 heterocycles. The van der Waals surface area contributed by atoms with E-state index in [1.54, 1.807) is 29.2 Å². The lowest BCUT2D eigenvalue weighted by molar-refractivity contribution is 0.414. The van der Waals surface area contributed by atoms with Crippen LogP contribution >= 0.6 is 0 Å². The van der Waals surface area contributed by atoms with Gasteiger partial charge in [0.25, 0.3) is 20.2 Å². The molecule has 0 saturated carbocycles. The SMILES string of the molecule is COc1cccc(N(CCCS(=O)(=O)O)CCCS(=O)(=O)O)c1. The molecule has 1 rings (SSSR count). The minimum absolute atomic E-state index is 0.182. The lowest BCUT2D eigenvalue weighted by Crippen LogP contribution is -2.28. The molecule has 1 aromatic carbocycles. The third-order valence-corrected chi connectivity index (χ3v) is 4.69. The van der Waals surface area contributed by atoms with Crippen LogP contribution in [0.15, 0.2) is 24.3 Å². The van der Waals surface area contributed by atoms with Crippen LogP contribution in [0, 0.1) is 0 Å². The predicted molar refractivity (Wildman–Crippen MR) is 87.3 cm³/mol. The Bertz CT molecular complexity index is 663. The fraction of sp³-hybridized carbons (Fsp3) is 0.538. The molecule has 132 valence electrons. The van der Waals surface area contributed by atoms with Crippen LogP contribution in [-0.2, 0) is 20.2 Å². The van der Waals surface area contributed by atoms with Gasteiger partial charge in [-0.25, -0.2) is 0 Å². The van der Waals surface area contributed by atoms with Crippen LogP contribution in [0.2, 0.25) is 0 Å². The van der Waals surface area contributed by atoms with Gasteiger partial charge in [0.1, 0.15) is 5.75 Å². The van der Waals surface area contributed by atoms with Crippen molar-refractivity contribution < 1.29 is 30.7 Å². The van der Waals surface area contributed by atoms with E-state index in [0.29, 0.717) is 18.8 Å². The molecule has 0 aliphatic rings. The fourth-order valence-electron chi connectivity index (χ4n) is 2.05. The summed E-state index contributed by atoms with van der Waals surface area (Å²) in [6, 6.07) is 7.02. The molecule has 23 heavy (non-hydrogen) atoms. The molecule has 0 atom stereocenters. The van der Waals surface area contributed by atoms with Crippen LogP contribution in [0.25, 0.3) is 0 Å². The van der Waals surface area contributed by atoms with Crippen molar-refractivity contribution in [2.45, 2.75) is 12.8 Å². The maximum absolute atomic E-state index is 10.8. The van der Waals surface area contributed by atoms with Crippen LogP contribution < -0.4 is 9.64 Å². The zero-order valence-electron chi connectivity index (χ0n) is 12.8. The summed E-state index contributed by atoms with van der Waals surface area (Å²) < 4.78 is 65.9. The van der Waals surface area contributed by atoms with Crippen molar-refractivity contribution >= 4 is 25.9 Å². The highest BCUT2D eigenvalue weighted by atomic mass is 32.2. The molecule has 0 spiro atoms. The van der Waals surface area contributed by atoms with Crippen molar-refractivity contribution in [3.63, 3.8) is 0 Å². The van der Waals surface area contributed by atoms with Gasteiger partial charge in [0.05, 0.1) is 18.6 Å². The van der Waals surface area contributed by atoms with Gasteiger partial charge in [0.15, 0.2) is 0 Å². The Morgan fingerprint density at radius 3 is 1.96 bits per heavy atom. The summed E-state index contributed by atoms with van der Waals surface area (Å²) in [5.74, 6) is -0.158. The Labute approximate surface area is 136 Å². The highest BCUT2D eigenvalue weighted by molar-refractivity contribution is 7.86. The summed E-state index contributed by atoms with van der Waals surface area (Å²) in [5.41, 5.74) is 0.732. The van der Waals surface area contributed by atoms with Crippen LogP contribution in [0.1, 0.15) is 12.8 Å². The largest absolute Gasteiger partial charge is 0.497 e. The van der Waals surface area contributed by atoms with Crippen molar-refractivity contribution in [3.8, 4) is 5.75 Å². The Balaban J connectivity index is 2.77. The first kappa shape index (κ1) is 19.7. The van der Waals surface area contributed by atoms with Crippen LogP contribution in [0.4, 0.5) is 5.69 Å². The third-order valence-electron chi connectivity index (χ3n) is 3.08. The van der Waals surface area contributed by atoms with E-state index in [0.717, 1.165) is 5.69 Å². The van der Waals surface area contributed by atoms with Crippen LogP contribution in [0.5, 0.6) is 5.75 Å². The molecule has 1 aromatic rings. The van der Waals surface area contributed by atoms with Gasteiger partial charge < -0.3 is 9.64 Å². The van der Waals surface area contributed by atoms with Gasteiger partial charge in [-0.15, -0.1) is 0 Å². The summed E-state index contributed by atoms with van der Waals surface area (Å²) in [6.45, 7) is 0.608. The molecule has 0 aliphatic heterocycles. The monoisotopic (exact) mass is 367 g/mol. The molecule has 0 amide bonds. The molecule has 0 unspecified atom stereocenters. The highest BCUT2D eigenvalue weighted by Gasteiger charge is 2.12. The number of hydrogen-bond donors (Lipinski definition) is 2. The maximum Gasteiger partial charge on any atom is 0.264 e. The Morgan fingerprint density at radius 1 is 1.00 bits per heavy atom. The average molecular weight is 367 g/mol. The third kappa shape index (κ3) is 8.74. The molecule has 0 aromatic heterocycles. The van der Waals surface area contributed by atoms with Gasteiger partial charge in [0.2, 0.25) is 0 Å². The molecular weight excluding hydrogens is 346 g/mol. The van der Waals surface area contributed by atoms with Crippen molar-refractivity contribution in [3.05, 3.63) is 24.3 Å². The minimum atomic E-state index is -4.05. The summed E-state index contributed by atoms with van der Waals surface area (Å²) >= 11 is 0. The Morgan fingerprint density at radius 2 is 1.52 bits per heavy atom. The summed E-state index contributed by atoms with van der Waals surface area (Å²) in [6.07, 6.45) is 0.365. The zero-order chi connectivity index (χ0) is 17.5. The second-order valence-corrected chi connectivity index (χ2v) is 8.11. The van der Waals surface area contributed by atoms with E-state index in [9.17, 15) is 16.8 Å². The number of hydrogen-bond acceptors (Lipinski definition) is 6. The second kappa shape index (κ2) is 8.48. The molecule has 0 saturated heterocycles. The van der Waals surface area contributed by atoms with Gasteiger partial charge in [0, 0.05) is 24.8 Å². The van der Waals surface area contributed by atoms with Gasteiger partial charge in [-0.05, 0) is 25.0 Å². The van der Waals surface area contributed by atoms with Gasteiger partial charge >= 0.3 is 0 Å². The first-order valence-electron chi connectivity index (χ1n) is 6.90. The molecule has 0 radical (unpaired) electrons. The van der Waals surface area contributed by atoms with Crippen LogP contribution in [-0.4, -0.2) is 57.6 Å². The van der Waals surface area contributed by atoms with Crippen molar-refractivity contribution in [2.24, 2.45) is 0 Å². The van der Waals surface area contributed by atoms with Crippen molar-refractivity contribution in [2.75, 3.05) is 36.6 Å². The Kier molecular flexibility index (Phi) is 7.26. The van der Waals surface area contributed by atoms with E-state index >= 15 is 0 Å². The number of rotatable bonds is 10. The normalized spacial score (nSPS) is 12.1. The molecule has 0 fully saturated rings. The van der Waals surface area contributed by atoms with E-state index in [1.807, 2.05) is 0 Å². The molecular formula is C13H21NO7S2. The second-order valence-electron chi connectivity index (χ2n) is 4.97. The quantitative estimate of drug-likeness (QED) is 0.589.